The molecule has 0 unspecified atom stereocenters. The van der Waals surface area contributed by atoms with Crippen molar-refractivity contribution in [2.24, 2.45) is 0 Å². The van der Waals surface area contributed by atoms with Gasteiger partial charge in [0.1, 0.15) is 0 Å². The van der Waals surface area contributed by atoms with Gasteiger partial charge in [0.15, 0.2) is 0 Å². The summed E-state index contributed by atoms with van der Waals surface area (Å²) >= 11 is 0. The van der Waals surface area contributed by atoms with Crippen LogP contribution in [-0.2, 0) is 14.8 Å². The van der Waals surface area contributed by atoms with Gasteiger partial charge in [0, 0.05) is 19.4 Å². The minimum Gasteiger partial charge on any atom is -0.396 e. The van der Waals surface area contributed by atoms with Gasteiger partial charge in [-0.15, -0.1) is 0 Å². The van der Waals surface area contributed by atoms with Crippen molar-refractivity contribution in [1.82, 2.24) is 4.98 Å². The van der Waals surface area contributed by atoms with Crippen molar-refractivity contribution >= 4 is 21.4 Å². The Morgan fingerprint density at radius 1 is 1.41 bits per heavy atom. The van der Waals surface area contributed by atoms with E-state index in [0.29, 0.717) is 37.4 Å². The van der Waals surface area contributed by atoms with Crippen LogP contribution in [0, 0.1) is 0 Å². The van der Waals surface area contributed by atoms with Crippen molar-refractivity contribution in [1.29, 1.82) is 0 Å². The van der Waals surface area contributed by atoms with Gasteiger partial charge in [-0.1, -0.05) is 0 Å². The number of rotatable bonds is 3. The van der Waals surface area contributed by atoms with E-state index in [0.717, 1.165) is 0 Å². The van der Waals surface area contributed by atoms with Crippen LogP contribution in [0.2, 0.25) is 0 Å². The fraction of sp³-hybridized carbons (Fsp3) is 0.500. The molecular formula is C10H15N3O3S. The van der Waals surface area contributed by atoms with E-state index < -0.39 is 15.3 Å². The summed E-state index contributed by atoms with van der Waals surface area (Å²) in [4.78, 5) is 3.81. The molecule has 0 amide bonds. The number of anilines is 2. The predicted molar refractivity (Wildman–Crippen MR) is 65.0 cm³/mol. The van der Waals surface area contributed by atoms with Crippen molar-refractivity contribution in [3.05, 3.63) is 18.5 Å². The Bertz CT molecular complexity index is 483. The molecule has 0 spiro atoms. The predicted octanol–water partition coefficient (Wildman–Crippen LogP) is 0.584. The van der Waals surface area contributed by atoms with E-state index in [9.17, 15) is 8.42 Å². The number of pyridine rings is 1. The quantitative estimate of drug-likeness (QED) is 0.826. The van der Waals surface area contributed by atoms with Gasteiger partial charge in [0.25, 0.3) is 0 Å². The van der Waals surface area contributed by atoms with Crippen LogP contribution in [0.1, 0.15) is 12.8 Å². The molecule has 6 nitrogen and oxygen atoms in total. The van der Waals surface area contributed by atoms with E-state index >= 15 is 0 Å². The zero-order valence-electron chi connectivity index (χ0n) is 9.30. The maximum atomic E-state index is 12.1. The zero-order valence-corrected chi connectivity index (χ0v) is 10.1. The van der Waals surface area contributed by atoms with Crippen LogP contribution in [0.25, 0.3) is 0 Å². The molecule has 1 aliphatic rings. The molecule has 0 saturated carbocycles. The van der Waals surface area contributed by atoms with Gasteiger partial charge in [0.05, 0.1) is 22.8 Å². The first-order chi connectivity index (χ1) is 8.09. The SMILES string of the molecule is Nc1cnccc1NS(=O)(=O)C1CCOCC1. The Hall–Kier alpha value is -1.34. The van der Waals surface area contributed by atoms with Crippen LogP contribution < -0.4 is 10.5 Å². The highest BCUT2D eigenvalue weighted by molar-refractivity contribution is 7.93. The standard InChI is InChI=1S/C10H15N3O3S/c11-9-7-12-4-1-10(9)13-17(14,15)8-2-5-16-6-3-8/h1,4,7-8H,2-3,5-6,11H2,(H,12,13). The van der Waals surface area contributed by atoms with Gasteiger partial charge >= 0.3 is 0 Å². The molecule has 0 bridgehead atoms. The second-order valence-electron chi connectivity index (χ2n) is 3.92. The first kappa shape index (κ1) is 12.1. The smallest absolute Gasteiger partial charge is 0.235 e. The van der Waals surface area contributed by atoms with E-state index in [2.05, 4.69) is 9.71 Å². The number of nitrogen functional groups attached to an aromatic ring is 1. The highest BCUT2D eigenvalue weighted by atomic mass is 32.2. The summed E-state index contributed by atoms with van der Waals surface area (Å²) in [7, 11) is -3.40. The molecule has 94 valence electrons. The first-order valence-electron chi connectivity index (χ1n) is 5.38. The molecule has 7 heteroatoms. The van der Waals surface area contributed by atoms with Crippen LogP contribution in [-0.4, -0.2) is 31.9 Å². The zero-order chi connectivity index (χ0) is 12.3. The van der Waals surface area contributed by atoms with E-state index in [-0.39, 0.29) is 0 Å². The number of aromatic nitrogens is 1. The first-order valence-corrected chi connectivity index (χ1v) is 6.93. The molecule has 0 radical (unpaired) electrons. The third-order valence-electron chi connectivity index (χ3n) is 2.71. The molecule has 2 rings (SSSR count). The molecule has 0 aliphatic carbocycles. The van der Waals surface area contributed by atoms with Gasteiger partial charge in [-0.25, -0.2) is 8.42 Å². The monoisotopic (exact) mass is 257 g/mol. The Kier molecular flexibility index (Phi) is 3.49. The van der Waals surface area contributed by atoms with Gasteiger partial charge in [-0.05, 0) is 18.9 Å². The Morgan fingerprint density at radius 2 is 2.12 bits per heavy atom. The molecule has 1 aliphatic heterocycles. The summed E-state index contributed by atoms with van der Waals surface area (Å²) in [5.74, 6) is 0. The molecule has 17 heavy (non-hydrogen) atoms. The summed E-state index contributed by atoms with van der Waals surface area (Å²) in [5, 5.41) is -0.413. The van der Waals surface area contributed by atoms with Crippen molar-refractivity contribution in [2.75, 3.05) is 23.7 Å². The van der Waals surface area contributed by atoms with Crippen LogP contribution in [0.3, 0.4) is 0 Å². The highest BCUT2D eigenvalue weighted by Gasteiger charge is 2.27. The molecule has 3 N–H and O–H groups in total. The average molecular weight is 257 g/mol. The maximum absolute atomic E-state index is 12.1. The lowest BCUT2D eigenvalue weighted by Crippen LogP contribution is -2.33. The maximum Gasteiger partial charge on any atom is 0.235 e. The Labute approximate surface area is 100 Å². The van der Waals surface area contributed by atoms with E-state index in [4.69, 9.17) is 10.5 Å². The molecule has 1 aromatic heterocycles. The lowest BCUT2D eigenvalue weighted by molar-refractivity contribution is 0.0984. The summed E-state index contributed by atoms with van der Waals surface area (Å²) < 4.78 is 31.8. The molecule has 1 aromatic rings. The third kappa shape index (κ3) is 2.86. The molecular weight excluding hydrogens is 242 g/mol. The molecule has 0 atom stereocenters. The molecule has 1 fully saturated rings. The fourth-order valence-corrected chi connectivity index (χ4v) is 3.19. The third-order valence-corrected chi connectivity index (χ3v) is 4.56. The Morgan fingerprint density at radius 3 is 2.76 bits per heavy atom. The topological polar surface area (TPSA) is 94.3 Å². The number of nitrogens with zero attached hydrogens (tertiary/aromatic N) is 1. The summed E-state index contributed by atoms with van der Waals surface area (Å²) in [6.45, 7) is 0.967. The second-order valence-corrected chi connectivity index (χ2v) is 5.88. The van der Waals surface area contributed by atoms with Gasteiger partial charge < -0.3 is 10.5 Å². The minimum atomic E-state index is -3.40. The van der Waals surface area contributed by atoms with E-state index in [1.54, 1.807) is 6.07 Å². The normalized spacial score (nSPS) is 17.9. The van der Waals surface area contributed by atoms with Gasteiger partial charge in [0.2, 0.25) is 10.0 Å². The lowest BCUT2D eigenvalue weighted by atomic mass is 10.2. The van der Waals surface area contributed by atoms with Crippen molar-refractivity contribution in [3.63, 3.8) is 0 Å². The number of hydrogen-bond donors (Lipinski definition) is 2. The van der Waals surface area contributed by atoms with E-state index in [1.165, 1.54) is 12.4 Å². The van der Waals surface area contributed by atoms with Gasteiger partial charge in [-0.3, -0.25) is 9.71 Å². The molecule has 0 aromatic carbocycles. The molecule has 1 saturated heterocycles. The van der Waals surface area contributed by atoms with Crippen molar-refractivity contribution < 1.29 is 13.2 Å². The number of hydrogen-bond acceptors (Lipinski definition) is 5. The van der Waals surface area contributed by atoms with E-state index in [1.807, 2.05) is 0 Å². The van der Waals surface area contributed by atoms with Crippen LogP contribution in [0.15, 0.2) is 18.5 Å². The second kappa shape index (κ2) is 4.89. The minimum absolute atomic E-state index is 0.322. The van der Waals surface area contributed by atoms with Crippen LogP contribution in [0.4, 0.5) is 11.4 Å². The largest absolute Gasteiger partial charge is 0.396 e. The van der Waals surface area contributed by atoms with Crippen LogP contribution in [0.5, 0.6) is 0 Å². The Balaban J connectivity index is 2.14. The van der Waals surface area contributed by atoms with Crippen LogP contribution >= 0.6 is 0 Å². The fourth-order valence-electron chi connectivity index (χ4n) is 1.72. The molecule has 2 heterocycles. The van der Waals surface area contributed by atoms with Crippen molar-refractivity contribution in [2.45, 2.75) is 18.1 Å². The summed E-state index contributed by atoms with van der Waals surface area (Å²) in [5.41, 5.74) is 6.35. The summed E-state index contributed by atoms with van der Waals surface area (Å²) in [6.07, 6.45) is 3.95. The average Bonchev–Trinajstić information content (AvgIpc) is 2.33. The highest BCUT2D eigenvalue weighted by Crippen LogP contribution is 2.22. The number of sulfonamides is 1. The lowest BCUT2D eigenvalue weighted by Gasteiger charge is -2.23. The summed E-state index contributed by atoms with van der Waals surface area (Å²) in [6, 6.07) is 1.55. The number of ether oxygens (including phenoxy) is 1. The van der Waals surface area contributed by atoms with Gasteiger partial charge in [-0.2, -0.15) is 0 Å². The number of nitrogens with two attached hydrogens (primary N) is 1. The number of nitrogens with one attached hydrogen (secondary N) is 1. The van der Waals surface area contributed by atoms with Crippen molar-refractivity contribution in [3.8, 4) is 0 Å².